The molecule has 1 aliphatic heterocycles. The Hall–Kier alpha value is -1.91. The fourth-order valence-electron chi connectivity index (χ4n) is 2.59. The number of carbonyl (C=O) groups excluding carboxylic acids is 1. The molecule has 0 aliphatic carbocycles. The van der Waals surface area contributed by atoms with Gasteiger partial charge < -0.3 is 19.6 Å². The van der Waals surface area contributed by atoms with E-state index in [1.807, 2.05) is 6.92 Å². The molecule has 0 bridgehead atoms. The third kappa shape index (κ3) is 4.80. The molecule has 0 unspecified atom stereocenters. The lowest BCUT2D eigenvalue weighted by molar-refractivity contribution is -0.126. The molecule has 1 aliphatic rings. The number of hydrogen-bond acceptors (Lipinski definition) is 6. The summed E-state index contributed by atoms with van der Waals surface area (Å²) in [6.07, 6.45) is 0.790. The minimum atomic E-state index is -3.90. The van der Waals surface area contributed by atoms with Crippen molar-refractivity contribution < 1.29 is 32.3 Å². The number of piperidine rings is 1. The third-order valence-corrected chi connectivity index (χ3v) is 5.73. The van der Waals surface area contributed by atoms with Gasteiger partial charge in [0.25, 0.3) is 10.0 Å². The second-order valence-electron chi connectivity index (χ2n) is 5.59. The normalized spacial score (nSPS) is 16.7. The van der Waals surface area contributed by atoms with Crippen molar-refractivity contribution in [2.24, 2.45) is 5.92 Å². The van der Waals surface area contributed by atoms with Crippen molar-refractivity contribution in [1.29, 1.82) is 0 Å². The summed E-state index contributed by atoms with van der Waals surface area (Å²) in [5.41, 5.74) is 0. The fraction of sp³-hybridized carbons (Fsp3) is 0.600. The molecular weight excluding hydrogens is 352 g/mol. The van der Waals surface area contributed by atoms with Gasteiger partial charge in [-0.1, -0.05) is 0 Å². The van der Waals surface area contributed by atoms with E-state index in [-0.39, 0.29) is 24.9 Å². The second-order valence-corrected chi connectivity index (χ2v) is 7.46. The standard InChI is InChI=1S/C15H22N2O7S/c1-2-23-10-7-16-14(18)11-5-8-17(9-6-11)25(21,22)13-4-3-12(24-13)15(19)20/h3-4,11H,2,5-10H2,1H3,(H,16,18)(H,19,20). The van der Waals surface area contributed by atoms with Gasteiger partial charge in [-0.25, -0.2) is 13.2 Å². The van der Waals surface area contributed by atoms with Crippen molar-refractivity contribution in [3.05, 3.63) is 17.9 Å². The van der Waals surface area contributed by atoms with Gasteiger partial charge in [0.15, 0.2) is 0 Å². The fourth-order valence-corrected chi connectivity index (χ4v) is 3.98. The lowest BCUT2D eigenvalue weighted by Crippen LogP contribution is -2.43. The van der Waals surface area contributed by atoms with Crippen LogP contribution in [0.2, 0.25) is 0 Å². The highest BCUT2D eigenvalue weighted by Crippen LogP contribution is 2.25. The van der Waals surface area contributed by atoms with Crippen LogP contribution in [0.3, 0.4) is 0 Å². The van der Waals surface area contributed by atoms with E-state index in [9.17, 15) is 18.0 Å². The van der Waals surface area contributed by atoms with E-state index in [1.54, 1.807) is 0 Å². The third-order valence-electron chi connectivity index (χ3n) is 3.96. The summed E-state index contributed by atoms with van der Waals surface area (Å²) in [6.45, 7) is 3.68. The molecule has 1 aromatic rings. The van der Waals surface area contributed by atoms with E-state index in [0.717, 1.165) is 12.1 Å². The molecular formula is C15H22N2O7S. The van der Waals surface area contributed by atoms with E-state index >= 15 is 0 Å². The molecule has 9 nitrogen and oxygen atoms in total. The number of sulfonamides is 1. The van der Waals surface area contributed by atoms with E-state index in [1.165, 1.54) is 4.31 Å². The summed E-state index contributed by atoms with van der Waals surface area (Å²) in [5.74, 6) is -2.12. The number of furan rings is 1. The predicted octanol–water partition coefficient (Wildman–Crippen LogP) is 0.531. The smallest absolute Gasteiger partial charge is 0.371 e. The molecule has 1 amide bonds. The van der Waals surface area contributed by atoms with Gasteiger partial charge in [-0.15, -0.1) is 0 Å². The number of nitrogens with one attached hydrogen (secondary N) is 1. The highest BCUT2D eigenvalue weighted by atomic mass is 32.2. The Morgan fingerprint density at radius 1 is 1.36 bits per heavy atom. The minimum Gasteiger partial charge on any atom is -0.475 e. The highest BCUT2D eigenvalue weighted by molar-refractivity contribution is 7.89. The van der Waals surface area contributed by atoms with Crippen LogP contribution in [0.5, 0.6) is 0 Å². The van der Waals surface area contributed by atoms with Crippen molar-refractivity contribution in [2.75, 3.05) is 32.8 Å². The molecule has 0 spiro atoms. The van der Waals surface area contributed by atoms with Gasteiger partial charge in [-0.2, -0.15) is 4.31 Å². The van der Waals surface area contributed by atoms with Crippen LogP contribution in [0.4, 0.5) is 0 Å². The van der Waals surface area contributed by atoms with Crippen LogP contribution >= 0.6 is 0 Å². The van der Waals surface area contributed by atoms with E-state index in [2.05, 4.69) is 5.32 Å². The summed E-state index contributed by atoms with van der Waals surface area (Å²) in [7, 11) is -3.90. The first-order valence-electron chi connectivity index (χ1n) is 8.05. The highest BCUT2D eigenvalue weighted by Gasteiger charge is 2.34. The Balaban J connectivity index is 1.90. The first-order valence-corrected chi connectivity index (χ1v) is 9.49. The van der Waals surface area contributed by atoms with Crippen LogP contribution in [-0.2, 0) is 19.6 Å². The molecule has 25 heavy (non-hydrogen) atoms. The van der Waals surface area contributed by atoms with E-state index < -0.39 is 26.8 Å². The van der Waals surface area contributed by atoms with E-state index in [4.69, 9.17) is 14.3 Å². The molecule has 2 rings (SSSR count). The van der Waals surface area contributed by atoms with Crippen LogP contribution < -0.4 is 5.32 Å². The molecule has 1 saturated heterocycles. The number of nitrogens with zero attached hydrogens (tertiary/aromatic N) is 1. The van der Waals surface area contributed by atoms with Gasteiger partial charge in [-0.05, 0) is 31.9 Å². The first-order chi connectivity index (χ1) is 11.9. The number of carboxylic acid groups (broad SMARTS) is 1. The molecule has 0 aromatic carbocycles. The maximum absolute atomic E-state index is 12.5. The topological polar surface area (TPSA) is 126 Å². The van der Waals surface area contributed by atoms with Gasteiger partial charge in [0.2, 0.25) is 16.8 Å². The monoisotopic (exact) mass is 374 g/mol. The predicted molar refractivity (Wildman–Crippen MR) is 86.7 cm³/mol. The number of carboxylic acids is 1. The van der Waals surface area contributed by atoms with Crippen LogP contribution in [0.15, 0.2) is 21.6 Å². The number of hydrogen-bond donors (Lipinski definition) is 2. The van der Waals surface area contributed by atoms with Crippen LogP contribution in [0.25, 0.3) is 0 Å². The van der Waals surface area contributed by atoms with E-state index in [0.29, 0.717) is 32.6 Å². The Morgan fingerprint density at radius 3 is 2.60 bits per heavy atom. The Kier molecular flexibility index (Phi) is 6.57. The van der Waals surface area contributed by atoms with Crippen LogP contribution in [0.1, 0.15) is 30.3 Å². The van der Waals surface area contributed by atoms with Crippen molar-refractivity contribution in [3.63, 3.8) is 0 Å². The zero-order valence-electron chi connectivity index (χ0n) is 13.9. The lowest BCUT2D eigenvalue weighted by atomic mass is 9.97. The van der Waals surface area contributed by atoms with Gasteiger partial charge in [-0.3, -0.25) is 4.79 Å². The average molecular weight is 374 g/mol. The molecule has 2 heterocycles. The molecule has 10 heteroatoms. The van der Waals surface area contributed by atoms with Gasteiger partial charge in [0, 0.05) is 32.2 Å². The van der Waals surface area contributed by atoms with Crippen LogP contribution in [-0.4, -0.2) is 62.6 Å². The molecule has 140 valence electrons. The molecule has 0 radical (unpaired) electrons. The molecule has 0 atom stereocenters. The second kappa shape index (κ2) is 8.45. The Bertz CT molecular complexity index is 705. The number of aromatic carboxylic acids is 1. The number of rotatable bonds is 8. The maximum Gasteiger partial charge on any atom is 0.371 e. The average Bonchev–Trinajstić information content (AvgIpc) is 3.10. The zero-order valence-corrected chi connectivity index (χ0v) is 14.8. The van der Waals surface area contributed by atoms with Crippen molar-refractivity contribution in [3.8, 4) is 0 Å². The SMILES string of the molecule is CCOCCNC(=O)C1CCN(S(=O)(=O)c2ccc(C(=O)O)o2)CC1. The molecule has 1 fully saturated rings. The number of ether oxygens (including phenoxy) is 1. The first kappa shape index (κ1) is 19.4. The molecule has 1 aromatic heterocycles. The summed E-state index contributed by atoms with van der Waals surface area (Å²) in [5, 5.41) is 11.2. The molecule has 2 N–H and O–H groups in total. The summed E-state index contributed by atoms with van der Waals surface area (Å²) in [4.78, 5) is 22.9. The quantitative estimate of drug-likeness (QED) is 0.636. The summed E-state index contributed by atoms with van der Waals surface area (Å²) < 4.78 is 36.2. The minimum absolute atomic E-state index is 0.108. The maximum atomic E-state index is 12.5. The van der Waals surface area contributed by atoms with Gasteiger partial charge in [0.05, 0.1) is 6.61 Å². The molecule has 0 saturated carbocycles. The van der Waals surface area contributed by atoms with Crippen molar-refractivity contribution in [1.82, 2.24) is 9.62 Å². The summed E-state index contributed by atoms with van der Waals surface area (Å²) >= 11 is 0. The number of amides is 1. The van der Waals surface area contributed by atoms with Crippen LogP contribution in [0, 0.1) is 5.92 Å². The van der Waals surface area contributed by atoms with Crippen molar-refractivity contribution >= 4 is 21.9 Å². The Morgan fingerprint density at radius 2 is 2.04 bits per heavy atom. The summed E-state index contributed by atoms with van der Waals surface area (Å²) in [6, 6.07) is 2.24. The lowest BCUT2D eigenvalue weighted by Gasteiger charge is -2.29. The largest absolute Gasteiger partial charge is 0.475 e. The Labute approximate surface area is 146 Å². The van der Waals surface area contributed by atoms with Gasteiger partial charge >= 0.3 is 5.97 Å². The van der Waals surface area contributed by atoms with Gasteiger partial charge in [0.1, 0.15) is 0 Å². The number of carbonyl (C=O) groups is 2. The zero-order chi connectivity index (χ0) is 18.4. The van der Waals surface area contributed by atoms with Crippen molar-refractivity contribution in [2.45, 2.75) is 24.9 Å².